The lowest BCUT2D eigenvalue weighted by Crippen LogP contribution is -2.26. The highest BCUT2D eigenvalue weighted by Crippen LogP contribution is 2.12. The second kappa shape index (κ2) is 6.23. The van der Waals surface area contributed by atoms with Gasteiger partial charge >= 0.3 is 0 Å². The molecule has 0 bridgehead atoms. The van der Waals surface area contributed by atoms with Crippen molar-refractivity contribution in [3.8, 4) is 0 Å². The van der Waals surface area contributed by atoms with Crippen molar-refractivity contribution in [1.82, 2.24) is 4.98 Å². The topological polar surface area (TPSA) is 59.2 Å². The summed E-state index contributed by atoms with van der Waals surface area (Å²) in [6.45, 7) is 1.96. The van der Waals surface area contributed by atoms with Crippen LogP contribution in [0.15, 0.2) is 24.5 Å². The maximum Gasteiger partial charge on any atom is 0.226 e. The Morgan fingerprint density at radius 2 is 2.12 bits per heavy atom. The van der Waals surface area contributed by atoms with E-state index < -0.39 is 0 Å². The van der Waals surface area contributed by atoms with Gasteiger partial charge in [0.1, 0.15) is 0 Å². The van der Waals surface area contributed by atoms with Crippen LogP contribution in [0.1, 0.15) is 26.2 Å². The van der Waals surface area contributed by atoms with E-state index in [1.54, 1.807) is 24.3 Å². The third-order valence-corrected chi connectivity index (χ3v) is 2.47. The highest BCUT2D eigenvalue weighted by atomic mass is 16.2. The van der Waals surface area contributed by atoms with E-state index >= 15 is 0 Å². The van der Waals surface area contributed by atoms with Gasteiger partial charge in [0.25, 0.3) is 0 Å². The van der Waals surface area contributed by atoms with Gasteiger partial charge in [0, 0.05) is 37.6 Å². The molecule has 0 aromatic carbocycles. The van der Waals surface area contributed by atoms with E-state index in [1.807, 2.05) is 19.1 Å². The Hall–Kier alpha value is -1.42. The number of nitrogens with two attached hydrogens (primary N) is 1. The first-order valence-corrected chi connectivity index (χ1v) is 5.53. The van der Waals surface area contributed by atoms with Crippen LogP contribution in [0.25, 0.3) is 0 Å². The molecule has 1 aromatic heterocycles. The summed E-state index contributed by atoms with van der Waals surface area (Å²) >= 11 is 0. The highest BCUT2D eigenvalue weighted by Gasteiger charge is 2.10. The number of rotatable bonds is 5. The minimum atomic E-state index is 0.117. The minimum Gasteiger partial charge on any atom is -0.328 e. The molecule has 0 fully saturated rings. The summed E-state index contributed by atoms with van der Waals surface area (Å²) in [5.41, 5.74) is 6.51. The van der Waals surface area contributed by atoms with Gasteiger partial charge in [-0.15, -0.1) is 0 Å². The molecule has 0 radical (unpaired) electrons. The lowest BCUT2D eigenvalue weighted by Gasteiger charge is -2.17. The Bertz CT molecular complexity index is 324. The van der Waals surface area contributed by atoms with Crippen molar-refractivity contribution in [2.75, 3.05) is 11.9 Å². The van der Waals surface area contributed by atoms with Gasteiger partial charge in [0.15, 0.2) is 0 Å². The van der Waals surface area contributed by atoms with Crippen molar-refractivity contribution in [3.05, 3.63) is 24.5 Å². The van der Waals surface area contributed by atoms with E-state index in [9.17, 15) is 4.79 Å². The SMILES string of the molecule is CC(N)CCCC(=O)N(C)c1ccncc1. The molecule has 16 heavy (non-hydrogen) atoms. The van der Waals surface area contributed by atoms with Crippen LogP contribution in [0.4, 0.5) is 5.69 Å². The number of anilines is 1. The van der Waals surface area contributed by atoms with Crippen molar-refractivity contribution >= 4 is 11.6 Å². The van der Waals surface area contributed by atoms with Crippen LogP contribution < -0.4 is 10.6 Å². The van der Waals surface area contributed by atoms with Gasteiger partial charge in [-0.3, -0.25) is 9.78 Å². The Morgan fingerprint density at radius 3 is 2.69 bits per heavy atom. The first-order chi connectivity index (χ1) is 7.61. The van der Waals surface area contributed by atoms with E-state index in [2.05, 4.69) is 4.98 Å². The molecule has 1 heterocycles. The summed E-state index contributed by atoms with van der Waals surface area (Å²) in [6, 6.07) is 3.81. The first-order valence-electron chi connectivity index (χ1n) is 5.53. The zero-order valence-electron chi connectivity index (χ0n) is 9.89. The molecule has 1 unspecified atom stereocenters. The Labute approximate surface area is 96.5 Å². The quantitative estimate of drug-likeness (QED) is 0.821. The molecule has 0 aliphatic rings. The molecule has 2 N–H and O–H groups in total. The highest BCUT2D eigenvalue weighted by molar-refractivity contribution is 5.92. The average molecular weight is 221 g/mol. The van der Waals surface area contributed by atoms with Crippen LogP contribution >= 0.6 is 0 Å². The standard InChI is InChI=1S/C12H19N3O/c1-10(13)4-3-5-12(16)15(2)11-6-8-14-9-7-11/h6-10H,3-5,13H2,1-2H3. The van der Waals surface area contributed by atoms with Crippen molar-refractivity contribution in [3.63, 3.8) is 0 Å². The van der Waals surface area contributed by atoms with Gasteiger partial charge in [-0.05, 0) is 31.9 Å². The monoisotopic (exact) mass is 221 g/mol. The smallest absolute Gasteiger partial charge is 0.226 e. The molecule has 1 amide bonds. The summed E-state index contributed by atoms with van der Waals surface area (Å²) in [5.74, 6) is 0.117. The third-order valence-electron chi connectivity index (χ3n) is 2.47. The largest absolute Gasteiger partial charge is 0.328 e. The fourth-order valence-electron chi connectivity index (χ4n) is 1.45. The fraction of sp³-hybridized carbons (Fsp3) is 0.500. The lowest BCUT2D eigenvalue weighted by atomic mass is 10.1. The molecule has 1 aromatic rings. The number of hydrogen-bond acceptors (Lipinski definition) is 3. The Morgan fingerprint density at radius 1 is 1.50 bits per heavy atom. The molecule has 1 rings (SSSR count). The molecular weight excluding hydrogens is 202 g/mol. The average Bonchev–Trinajstić information content (AvgIpc) is 2.28. The van der Waals surface area contributed by atoms with Crippen LogP contribution in [0, 0.1) is 0 Å². The number of nitrogens with zero attached hydrogens (tertiary/aromatic N) is 2. The van der Waals surface area contributed by atoms with Gasteiger partial charge in [-0.25, -0.2) is 0 Å². The van der Waals surface area contributed by atoms with Crippen LogP contribution in [-0.4, -0.2) is 24.0 Å². The predicted octanol–water partition coefficient (Wildman–Crippen LogP) is 1.56. The molecule has 0 aliphatic carbocycles. The number of pyridine rings is 1. The molecule has 0 spiro atoms. The van der Waals surface area contributed by atoms with Gasteiger partial charge in [-0.2, -0.15) is 0 Å². The lowest BCUT2D eigenvalue weighted by molar-refractivity contribution is -0.118. The second-order valence-corrected chi connectivity index (χ2v) is 4.03. The predicted molar refractivity (Wildman–Crippen MR) is 65.1 cm³/mol. The number of carbonyl (C=O) groups excluding carboxylic acids is 1. The summed E-state index contributed by atoms with van der Waals surface area (Å²) in [7, 11) is 1.78. The van der Waals surface area contributed by atoms with Crippen LogP contribution in [0.5, 0.6) is 0 Å². The van der Waals surface area contributed by atoms with Crippen LogP contribution in [0.2, 0.25) is 0 Å². The Kier molecular flexibility index (Phi) is 4.92. The normalized spacial score (nSPS) is 12.2. The molecule has 0 saturated carbocycles. The number of hydrogen-bond donors (Lipinski definition) is 1. The van der Waals surface area contributed by atoms with Crippen molar-refractivity contribution in [2.45, 2.75) is 32.2 Å². The van der Waals surface area contributed by atoms with Gasteiger partial charge < -0.3 is 10.6 Å². The molecule has 88 valence electrons. The summed E-state index contributed by atoms with van der Waals surface area (Å²) in [5, 5.41) is 0. The van der Waals surface area contributed by atoms with E-state index in [0.717, 1.165) is 18.5 Å². The van der Waals surface area contributed by atoms with E-state index in [4.69, 9.17) is 5.73 Å². The third kappa shape index (κ3) is 3.98. The van der Waals surface area contributed by atoms with Gasteiger partial charge in [-0.1, -0.05) is 0 Å². The van der Waals surface area contributed by atoms with Crippen molar-refractivity contribution < 1.29 is 4.79 Å². The van der Waals surface area contributed by atoms with Gasteiger partial charge in [0.05, 0.1) is 0 Å². The molecule has 1 atom stereocenters. The molecule has 0 aliphatic heterocycles. The Balaban J connectivity index is 2.43. The molecule has 4 nitrogen and oxygen atoms in total. The van der Waals surface area contributed by atoms with Gasteiger partial charge in [0.2, 0.25) is 5.91 Å². The maximum absolute atomic E-state index is 11.8. The maximum atomic E-state index is 11.8. The minimum absolute atomic E-state index is 0.117. The zero-order chi connectivity index (χ0) is 12.0. The van der Waals surface area contributed by atoms with Crippen LogP contribution in [0.3, 0.4) is 0 Å². The van der Waals surface area contributed by atoms with E-state index in [0.29, 0.717) is 6.42 Å². The zero-order valence-corrected chi connectivity index (χ0v) is 9.89. The molecule has 0 saturated heterocycles. The second-order valence-electron chi connectivity index (χ2n) is 4.03. The molecular formula is C12H19N3O. The first kappa shape index (κ1) is 12.6. The summed E-state index contributed by atoms with van der Waals surface area (Å²) in [6.07, 6.45) is 5.63. The van der Waals surface area contributed by atoms with E-state index in [1.165, 1.54) is 0 Å². The number of amides is 1. The summed E-state index contributed by atoms with van der Waals surface area (Å²) < 4.78 is 0. The summed E-state index contributed by atoms with van der Waals surface area (Å²) in [4.78, 5) is 17.4. The fourth-order valence-corrected chi connectivity index (χ4v) is 1.45. The number of aromatic nitrogens is 1. The van der Waals surface area contributed by atoms with Crippen molar-refractivity contribution in [2.24, 2.45) is 5.73 Å². The van der Waals surface area contributed by atoms with Crippen molar-refractivity contribution in [1.29, 1.82) is 0 Å². The number of carbonyl (C=O) groups is 1. The van der Waals surface area contributed by atoms with Crippen LogP contribution in [-0.2, 0) is 4.79 Å². The van der Waals surface area contributed by atoms with E-state index in [-0.39, 0.29) is 11.9 Å². The molecule has 4 heteroatoms.